The molecule has 1 heterocycles. The average Bonchev–Trinajstić information content (AvgIpc) is 2.92. The van der Waals surface area contributed by atoms with E-state index >= 15 is 0 Å². The van der Waals surface area contributed by atoms with Crippen LogP contribution in [0.3, 0.4) is 0 Å². The van der Waals surface area contributed by atoms with Gasteiger partial charge in [-0.3, -0.25) is 9.59 Å². The molecule has 5 nitrogen and oxygen atoms in total. The molecule has 0 radical (unpaired) electrons. The molecule has 3 aromatic carbocycles. The van der Waals surface area contributed by atoms with Gasteiger partial charge in [-0.1, -0.05) is 98.4 Å². The van der Waals surface area contributed by atoms with Gasteiger partial charge in [-0.25, -0.2) is 4.98 Å². The number of benzene rings is 3. The summed E-state index contributed by atoms with van der Waals surface area (Å²) in [5.41, 5.74) is 4.37. The van der Waals surface area contributed by atoms with E-state index in [0.717, 1.165) is 16.8 Å². The van der Waals surface area contributed by atoms with Crippen LogP contribution in [0, 0.1) is 0 Å². The zero-order chi connectivity index (χ0) is 25.3. The third-order valence-electron chi connectivity index (χ3n) is 5.76. The number of hydrogen-bond donors (Lipinski definition) is 2. The number of rotatable bonds is 9. The fourth-order valence-electron chi connectivity index (χ4n) is 3.82. The van der Waals surface area contributed by atoms with Crippen LogP contribution in [0.2, 0.25) is 0 Å². The van der Waals surface area contributed by atoms with Gasteiger partial charge in [0.25, 0.3) is 5.91 Å². The van der Waals surface area contributed by atoms with Crippen molar-refractivity contribution >= 4 is 29.3 Å². The topological polar surface area (TPSA) is 71.1 Å². The van der Waals surface area contributed by atoms with Crippen LogP contribution >= 0.6 is 11.8 Å². The van der Waals surface area contributed by atoms with Gasteiger partial charge in [0.1, 0.15) is 5.03 Å². The molecule has 0 aliphatic carbocycles. The molecule has 0 unspecified atom stereocenters. The SMILES string of the molecule is CC(C)c1ccc(NC(=O)CSc2ncccc2C(=O)NC(c2ccccc2)c2ccccc2)cc1. The number of amides is 2. The van der Waals surface area contributed by atoms with E-state index in [1.165, 1.54) is 17.3 Å². The molecule has 36 heavy (non-hydrogen) atoms. The minimum Gasteiger partial charge on any atom is -0.341 e. The van der Waals surface area contributed by atoms with Crippen molar-refractivity contribution in [1.82, 2.24) is 10.3 Å². The Balaban J connectivity index is 1.45. The summed E-state index contributed by atoms with van der Waals surface area (Å²) in [5, 5.41) is 6.58. The maximum atomic E-state index is 13.4. The summed E-state index contributed by atoms with van der Waals surface area (Å²) < 4.78 is 0. The predicted molar refractivity (Wildman–Crippen MR) is 146 cm³/mol. The molecule has 6 heteroatoms. The standard InChI is InChI=1S/C30H29N3O2S/c1-21(2)22-15-17-25(18-16-22)32-27(34)20-36-30-26(14-9-19-31-30)29(35)33-28(23-10-5-3-6-11-23)24-12-7-4-8-13-24/h3-19,21,28H,20H2,1-2H3,(H,32,34)(H,33,35). The molecule has 0 spiro atoms. The number of carbonyl (C=O) groups is 2. The highest BCUT2D eigenvalue weighted by Gasteiger charge is 2.20. The molecule has 0 fully saturated rings. The molecular weight excluding hydrogens is 466 g/mol. The Morgan fingerprint density at radius 1 is 0.778 bits per heavy atom. The first-order valence-electron chi connectivity index (χ1n) is 11.9. The van der Waals surface area contributed by atoms with Crippen molar-refractivity contribution in [2.45, 2.75) is 30.8 Å². The summed E-state index contributed by atoms with van der Waals surface area (Å²) in [5.74, 6) is 0.181. The van der Waals surface area contributed by atoms with Gasteiger partial charge in [-0.05, 0) is 46.9 Å². The summed E-state index contributed by atoms with van der Waals surface area (Å²) in [6.07, 6.45) is 1.63. The molecule has 182 valence electrons. The Labute approximate surface area is 216 Å². The number of nitrogens with one attached hydrogen (secondary N) is 2. The van der Waals surface area contributed by atoms with Crippen LogP contribution in [0.15, 0.2) is 108 Å². The van der Waals surface area contributed by atoms with Crippen molar-refractivity contribution < 1.29 is 9.59 Å². The van der Waals surface area contributed by atoms with Crippen molar-refractivity contribution in [3.63, 3.8) is 0 Å². The molecule has 4 rings (SSSR count). The third-order valence-corrected chi connectivity index (χ3v) is 6.76. The van der Waals surface area contributed by atoms with E-state index in [1.54, 1.807) is 18.3 Å². The lowest BCUT2D eigenvalue weighted by molar-refractivity contribution is -0.113. The Morgan fingerprint density at radius 2 is 1.39 bits per heavy atom. The maximum Gasteiger partial charge on any atom is 0.254 e. The van der Waals surface area contributed by atoms with Crippen LogP contribution in [0.25, 0.3) is 0 Å². The monoisotopic (exact) mass is 495 g/mol. The number of thioether (sulfide) groups is 1. The molecule has 0 saturated heterocycles. The Hall–Kier alpha value is -3.90. The lowest BCUT2D eigenvalue weighted by atomic mass is 9.98. The lowest BCUT2D eigenvalue weighted by Gasteiger charge is -2.20. The zero-order valence-corrected chi connectivity index (χ0v) is 21.2. The smallest absolute Gasteiger partial charge is 0.254 e. The second-order valence-corrected chi connectivity index (χ2v) is 9.66. The summed E-state index contributed by atoms with van der Waals surface area (Å²) in [6.45, 7) is 4.26. The van der Waals surface area contributed by atoms with E-state index in [4.69, 9.17) is 0 Å². The van der Waals surface area contributed by atoms with E-state index < -0.39 is 0 Å². The third kappa shape index (κ3) is 6.61. The van der Waals surface area contributed by atoms with Gasteiger partial charge in [-0.15, -0.1) is 0 Å². The molecule has 1 aromatic heterocycles. The van der Waals surface area contributed by atoms with Crippen LogP contribution in [-0.2, 0) is 4.79 Å². The van der Waals surface area contributed by atoms with Gasteiger partial charge >= 0.3 is 0 Å². The Bertz CT molecular complexity index is 1250. The Kier molecular flexibility index (Phi) is 8.53. The fourth-order valence-corrected chi connectivity index (χ4v) is 4.61. The van der Waals surface area contributed by atoms with Crippen LogP contribution in [0.4, 0.5) is 5.69 Å². The number of anilines is 1. The van der Waals surface area contributed by atoms with E-state index in [2.05, 4.69) is 29.5 Å². The van der Waals surface area contributed by atoms with Crippen molar-refractivity contribution in [2.24, 2.45) is 0 Å². The van der Waals surface area contributed by atoms with Crippen LogP contribution in [0.5, 0.6) is 0 Å². The van der Waals surface area contributed by atoms with Crippen LogP contribution in [0.1, 0.15) is 52.9 Å². The fraction of sp³-hybridized carbons (Fsp3) is 0.167. The molecule has 0 aliphatic heterocycles. The second kappa shape index (κ2) is 12.2. The van der Waals surface area contributed by atoms with E-state index in [9.17, 15) is 9.59 Å². The number of aromatic nitrogens is 1. The highest BCUT2D eigenvalue weighted by Crippen LogP contribution is 2.25. The largest absolute Gasteiger partial charge is 0.341 e. The van der Waals surface area contributed by atoms with E-state index in [1.807, 2.05) is 84.9 Å². The first-order chi connectivity index (χ1) is 17.5. The molecule has 0 saturated carbocycles. The van der Waals surface area contributed by atoms with Gasteiger partial charge in [0.05, 0.1) is 17.4 Å². The van der Waals surface area contributed by atoms with Gasteiger partial charge in [0, 0.05) is 11.9 Å². The average molecular weight is 496 g/mol. The van der Waals surface area contributed by atoms with Crippen LogP contribution in [-0.4, -0.2) is 22.6 Å². The minimum absolute atomic E-state index is 0.143. The number of pyridine rings is 1. The minimum atomic E-state index is -0.310. The predicted octanol–water partition coefficient (Wildman–Crippen LogP) is 6.46. The lowest BCUT2D eigenvalue weighted by Crippen LogP contribution is -2.30. The zero-order valence-electron chi connectivity index (χ0n) is 20.3. The van der Waals surface area contributed by atoms with Gasteiger partial charge in [0.15, 0.2) is 0 Å². The Morgan fingerprint density at radius 3 is 1.97 bits per heavy atom. The molecular formula is C30H29N3O2S. The van der Waals surface area contributed by atoms with Crippen molar-refractivity contribution in [1.29, 1.82) is 0 Å². The first-order valence-corrected chi connectivity index (χ1v) is 12.9. The van der Waals surface area contributed by atoms with Gasteiger partial charge in [-0.2, -0.15) is 0 Å². The molecule has 2 amide bonds. The van der Waals surface area contributed by atoms with Gasteiger partial charge in [0.2, 0.25) is 5.91 Å². The molecule has 4 aromatic rings. The maximum absolute atomic E-state index is 13.4. The molecule has 0 bridgehead atoms. The summed E-state index contributed by atoms with van der Waals surface area (Å²) >= 11 is 1.25. The molecule has 0 atom stereocenters. The highest BCUT2D eigenvalue weighted by atomic mass is 32.2. The first kappa shape index (κ1) is 25.2. The molecule has 0 aliphatic rings. The highest BCUT2D eigenvalue weighted by molar-refractivity contribution is 8.00. The normalized spacial score (nSPS) is 10.9. The molecule has 2 N–H and O–H groups in total. The van der Waals surface area contributed by atoms with Crippen molar-refractivity contribution in [2.75, 3.05) is 11.1 Å². The summed E-state index contributed by atoms with van der Waals surface area (Å²) in [4.78, 5) is 30.3. The number of carbonyl (C=O) groups excluding carboxylic acids is 2. The van der Waals surface area contributed by atoms with E-state index in [0.29, 0.717) is 16.5 Å². The summed E-state index contributed by atoms with van der Waals surface area (Å²) in [7, 11) is 0. The summed E-state index contributed by atoms with van der Waals surface area (Å²) in [6, 6.07) is 30.7. The van der Waals surface area contributed by atoms with E-state index in [-0.39, 0.29) is 23.6 Å². The van der Waals surface area contributed by atoms with Gasteiger partial charge < -0.3 is 10.6 Å². The van der Waals surface area contributed by atoms with Crippen molar-refractivity contribution in [3.05, 3.63) is 126 Å². The number of hydrogen-bond acceptors (Lipinski definition) is 4. The van der Waals surface area contributed by atoms with Crippen molar-refractivity contribution in [3.8, 4) is 0 Å². The second-order valence-electron chi connectivity index (χ2n) is 8.70. The quantitative estimate of drug-likeness (QED) is 0.262. The number of nitrogens with zero attached hydrogens (tertiary/aromatic N) is 1. The van der Waals surface area contributed by atoms with Crippen LogP contribution < -0.4 is 10.6 Å².